The lowest BCUT2D eigenvalue weighted by molar-refractivity contribution is -0.146. The van der Waals surface area contributed by atoms with Gasteiger partial charge in [0.2, 0.25) is 5.91 Å². The van der Waals surface area contributed by atoms with Crippen LogP contribution in [-0.2, 0) is 20.9 Å². The molecule has 0 unspecified atom stereocenters. The average Bonchev–Trinajstić information content (AvgIpc) is 2.75. The molecule has 6 heteroatoms. The van der Waals surface area contributed by atoms with Crippen molar-refractivity contribution in [3.8, 4) is 0 Å². The van der Waals surface area contributed by atoms with Crippen LogP contribution in [-0.4, -0.2) is 16.8 Å². The number of rotatable bonds is 4. The highest BCUT2D eigenvalue weighted by molar-refractivity contribution is 5.84. The molecule has 1 aliphatic rings. The second-order valence-electron chi connectivity index (χ2n) is 7.73. The Morgan fingerprint density at radius 3 is 2.68 bits per heavy atom. The highest BCUT2D eigenvalue weighted by Gasteiger charge is 2.28. The van der Waals surface area contributed by atoms with E-state index in [9.17, 15) is 14.4 Å². The maximum Gasteiger partial charge on any atom is 0.336 e. The molecule has 0 saturated carbocycles. The summed E-state index contributed by atoms with van der Waals surface area (Å²) in [6.07, 6.45) is 3.57. The number of carbonyl (C=O) groups is 2. The van der Waals surface area contributed by atoms with Crippen molar-refractivity contribution in [3.63, 3.8) is 0 Å². The third-order valence-corrected chi connectivity index (χ3v) is 5.74. The minimum absolute atomic E-state index is 0.0123. The first kappa shape index (κ1) is 20.6. The van der Waals surface area contributed by atoms with Crippen LogP contribution < -0.4 is 5.63 Å². The number of hydrogen-bond donors (Lipinski definition) is 0. The Kier molecular flexibility index (Phi) is 5.46. The monoisotopic (exact) mass is 417 g/mol. The maximum atomic E-state index is 12.7. The van der Waals surface area contributed by atoms with Gasteiger partial charge in [0.25, 0.3) is 0 Å². The van der Waals surface area contributed by atoms with Crippen LogP contribution in [0.4, 0.5) is 0 Å². The van der Waals surface area contributed by atoms with Crippen LogP contribution in [0, 0.1) is 13.8 Å². The summed E-state index contributed by atoms with van der Waals surface area (Å²) in [5.41, 5.74) is 4.37. The summed E-state index contributed by atoms with van der Waals surface area (Å²) >= 11 is 0. The van der Waals surface area contributed by atoms with Crippen molar-refractivity contribution < 1.29 is 18.7 Å². The molecule has 3 aromatic rings. The fraction of sp³-hybridized carbons (Fsp3) is 0.240. The largest absolute Gasteiger partial charge is 0.461 e. The Morgan fingerprint density at radius 2 is 1.90 bits per heavy atom. The van der Waals surface area contributed by atoms with E-state index in [0.717, 1.165) is 27.6 Å². The number of carbonyl (C=O) groups excluding carboxylic acids is 2. The molecule has 0 spiro atoms. The lowest BCUT2D eigenvalue weighted by Gasteiger charge is -2.32. The topological polar surface area (TPSA) is 76.8 Å². The van der Waals surface area contributed by atoms with Gasteiger partial charge in [-0.3, -0.25) is 9.59 Å². The third kappa shape index (κ3) is 4.01. The number of amides is 1. The van der Waals surface area contributed by atoms with Crippen LogP contribution in [0.25, 0.3) is 17.0 Å². The van der Waals surface area contributed by atoms with Crippen LogP contribution in [0.2, 0.25) is 0 Å². The quantitative estimate of drug-likeness (QED) is 0.464. The number of fused-ring (bicyclic) bond motifs is 2. The number of benzene rings is 2. The number of esters is 1. The van der Waals surface area contributed by atoms with Gasteiger partial charge in [0.15, 0.2) is 0 Å². The van der Waals surface area contributed by atoms with E-state index in [-0.39, 0.29) is 18.9 Å². The third-order valence-electron chi connectivity index (χ3n) is 5.74. The average molecular weight is 417 g/mol. The fourth-order valence-corrected chi connectivity index (χ4v) is 3.93. The van der Waals surface area contributed by atoms with Gasteiger partial charge in [-0.2, -0.15) is 0 Å². The zero-order valence-electron chi connectivity index (χ0n) is 17.7. The molecule has 1 atom stereocenters. The maximum absolute atomic E-state index is 12.7. The molecule has 0 aliphatic carbocycles. The Morgan fingerprint density at radius 1 is 1.13 bits per heavy atom. The highest BCUT2D eigenvalue weighted by atomic mass is 16.5. The molecule has 1 aromatic heterocycles. The second-order valence-corrected chi connectivity index (χ2v) is 7.73. The minimum Gasteiger partial charge on any atom is -0.461 e. The van der Waals surface area contributed by atoms with Crippen molar-refractivity contribution in [3.05, 3.63) is 86.9 Å². The van der Waals surface area contributed by atoms with Crippen LogP contribution in [0.5, 0.6) is 0 Å². The molecule has 1 aliphatic heterocycles. The number of nitrogens with zero attached hydrogens (tertiary/aromatic N) is 1. The molecule has 4 rings (SSSR count). The molecule has 0 fully saturated rings. The van der Waals surface area contributed by atoms with Crippen molar-refractivity contribution in [1.29, 1.82) is 0 Å². The molecule has 6 nitrogen and oxygen atoms in total. The summed E-state index contributed by atoms with van der Waals surface area (Å²) in [6, 6.07) is 12.4. The summed E-state index contributed by atoms with van der Waals surface area (Å²) < 4.78 is 10.9. The van der Waals surface area contributed by atoms with Gasteiger partial charge in [-0.15, -0.1) is 0 Å². The number of hydrogen-bond acceptors (Lipinski definition) is 5. The molecule has 31 heavy (non-hydrogen) atoms. The highest BCUT2D eigenvalue weighted by Crippen LogP contribution is 2.33. The Balaban J connectivity index is 1.56. The van der Waals surface area contributed by atoms with E-state index in [4.69, 9.17) is 9.15 Å². The Labute approximate surface area is 179 Å². The van der Waals surface area contributed by atoms with Crippen molar-refractivity contribution >= 4 is 28.9 Å². The van der Waals surface area contributed by atoms with Crippen LogP contribution in [0.3, 0.4) is 0 Å². The van der Waals surface area contributed by atoms with Gasteiger partial charge in [0.05, 0.1) is 12.5 Å². The molecular weight excluding hydrogens is 394 g/mol. The second kappa shape index (κ2) is 8.22. The molecule has 0 radical (unpaired) electrons. The van der Waals surface area contributed by atoms with Gasteiger partial charge in [-0.1, -0.05) is 36.4 Å². The molecule has 1 amide bonds. The normalized spacial score (nSPS) is 15.1. The van der Waals surface area contributed by atoms with E-state index < -0.39 is 17.6 Å². The SMILES string of the molecule is CC(=O)N1C=Cc2ccccc2[C@H]1CC(=O)OCc1cc(=O)oc2c(C)c(C)ccc12. The lowest BCUT2D eigenvalue weighted by atomic mass is 9.94. The number of aryl methyl sites for hydroxylation is 2. The molecular formula is C25H23NO5. The van der Waals surface area contributed by atoms with Crippen LogP contribution in [0.15, 0.2) is 57.9 Å². The van der Waals surface area contributed by atoms with E-state index in [1.165, 1.54) is 13.0 Å². The predicted molar refractivity (Wildman–Crippen MR) is 117 cm³/mol. The smallest absolute Gasteiger partial charge is 0.336 e. The first-order valence-electron chi connectivity index (χ1n) is 10.1. The fourth-order valence-electron chi connectivity index (χ4n) is 3.93. The predicted octanol–water partition coefficient (Wildman–Crippen LogP) is 4.42. The molecule has 158 valence electrons. The summed E-state index contributed by atoms with van der Waals surface area (Å²) in [4.78, 5) is 38.4. The van der Waals surface area contributed by atoms with Crippen LogP contribution >= 0.6 is 0 Å². The van der Waals surface area contributed by atoms with Crippen molar-refractivity contribution in [2.24, 2.45) is 0 Å². The van der Waals surface area contributed by atoms with E-state index in [2.05, 4.69) is 0 Å². The lowest BCUT2D eigenvalue weighted by Crippen LogP contribution is -2.32. The van der Waals surface area contributed by atoms with Gasteiger partial charge < -0.3 is 14.1 Å². The number of ether oxygens (including phenoxy) is 1. The molecule has 2 aromatic carbocycles. The molecule has 0 N–H and O–H groups in total. The summed E-state index contributed by atoms with van der Waals surface area (Å²) in [5.74, 6) is -0.604. The molecule has 2 heterocycles. The van der Waals surface area contributed by atoms with E-state index in [1.54, 1.807) is 11.1 Å². The van der Waals surface area contributed by atoms with E-state index in [1.807, 2.05) is 56.3 Å². The summed E-state index contributed by atoms with van der Waals surface area (Å²) in [5, 5.41) is 0.742. The zero-order chi connectivity index (χ0) is 22.1. The molecule has 0 bridgehead atoms. The first-order chi connectivity index (χ1) is 14.8. The van der Waals surface area contributed by atoms with E-state index in [0.29, 0.717) is 11.1 Å². The van der Waals surface area contributed by atoms with E-state index >= 15 is 0 Å². The van der Waals surface area contributed by atoms with Crippen LogP contribution in [0.1, 0.15) is 47.2 Å². The Bertz CT molecular complexity index is 1270. The molecule has 0 saturated heterocycles. The standard InChI is InChI=1S/C25H23NO5/c1-15-8-9-21-19(12-24(29)31-25(21)16(15)2)14-30-23(28)13-22-20-7-5-4-6-18(20)10-11-26(22)17(3)27/h4-12,22H,13-14H2,1-3H3/t22-/m1/s1. The van der Waals surface area contributed by atoms with Crippen molar-refractivity contribution in [2.75, 3.05) is 0 Å². The van der Waals surface area contributed by atoms with Gasteiger partial charge in [-0.05, 0) is 42.2 Å². The minimum atomic E-state index is -0.485. The van der Waals surface area contributed by atoms with Gasteiger partial charge >= 0.3 is 11.6 Å². The zero-order valence-corrected chi connectivity index (χ0v) is 17.7. The first-order valence-corrected chi connectivity index (χ1v) is 10.1. The summed E-state index contributed by atoms with van der Waals surface area (Å²) in [7, 11) is 0. The van der Waals surface area contributed by atoms with Gasteiger partial charge in [0.1, 0.15) is 12.2 Å². The van der Waals surface area contributed by atoms with Gasteiger partial charge in [0, 0.05) is 30.1 Å². The van der Waals surface area contributed by atoms with Crippen molar-refractivity contribution in [2.45, 2.75) is 39.8 Å². The Hall–Kier alpha value is -3.67. The summed E-state index contributed by atoms with van der Waals surface area (Å²) in [6.45, 7) is 5.25. The van der Waals surface area contributed by atoms with Crippen molar-refractivity contribution in [1.82, 2.24) is 4.90 Å². The van der Waals surface area contributed by atoms with Gasteiger partial charge in [-0.25, -0.2) is 4.79 Å².